The summed E-state index contributed by atoms with van der Waals surface area (Å²) in [6, 6.07) is 0. The van der Waals surface area contributed by atoms with Gasteiger partial charge in [-0.05, 0) is 11.8 Å². The Morgan fingerprint density at radius 1 is 0.333 bits per heavy atom. The second kappa shape index (κ2) is 22.3. The first-order chi connectivity index (χ1) is 13.2. The Labute approximate surface area is 174 Å². The lowest BCUT2D eigenvalue weighted by Crippen LogP contribution is -1.97. The number of hydrogen-bond acceptors (Lipinski definition) is 0. The van der Waals surface area contributed by atoms with Gasteiger partial charge < -0.3 is 0 Å². The Morgan fingerprint density at radius 3 is 0.963 bits per heavy atom. The van der Waals surface area contributed by atoms with Gasteiger partial charge in [0, 0.05) is 0 Å². The highest BCUT2D eigenvalue weighted by Gasteiger charge is 2.04. The smallest absolute Gasteiger partial charge is 0.0443 e. The Kier molecular flexibility index (Phi) is 22.3. The Morgan fingerprint density at radius 2 is 0.593 bits per heavy atom. The third-order valence-corrected chi connectivity index (χ3v) is 6.49. The molecule has 0 radical (unpaired) electrons. The van der Waals surface area contributed by atoms with E-state index in [0.29, 0.717) is 0 Å². The molecular weight excluding hydrogens is 324 g/mol. The van der Waals surface area contributed by atoms with Crippen LogP contribution in [0.5, 0.6) is 0 Å². The Hall–Kier alpha value is 0. The van der Waals surface area contributed by atoms with Crippen molar-refractivity contribution < 1.29 is 0 Å². The first kappa shape index (κ1) is 27.0. The van der Waals surface area contributed by atoms with Crippen LogP contribution in [-0.4, -0.2) is 0 Å². The van der Waals surface area contributed by atoms with Crippen LogP contribution in [0.25, 0.3) is 0 Å². The topological polar surface area (TPSA) is 0 Å². The van der Waals surface area contributed by atoms with Crippen LogP contribution in [0.15, 0.2) is 0 Å². The molecule has 0 nitrogen and oxygen atoms in total. The molecule has 0 aliphatic heterocycles. The first-order valence-electron chi connectivity index (χ1n) is 13.2. The summed E-state index contributed by atoms with van der Waals surface area (Å²) in [6.45, 7) is 9.55. The van der Waals surface area contributed by atoms with E-state index in [1.165, 1.54) is 135 Å². The van der Waals surface area contributed by atoms with Crippen LogP contribution in [0, 0.1) is 11.8 Å². The summed E-state index contributed by atoms with van der Waals surface area (Å²) in [5, 5.41) is 0. The standard InChI is InChI=1S/C27H56/c1-5-7-9-10-11-12-13-14-15-16-17-19-23-27(4)25-21-18-20-24-26(3)22-8-6-2/h26-27H,5-25H2,1-4H3/t26-,27-/m0/s1. The lowest BCUT2D eigenvalue weighted by atomic mass is 9.94. The number of rotatable bonds is 22. The summed E-state index contributed by atoms with van der Waals surface area (Å²) in [4.78, 5) is 0. The van der Waals surface area contributed by atoms with Crippen LogP contribution < -0.4 is 0 Å². The highest BCUT2D eigenvalue weighted by Crippen LogP contribution is 2.20. The summed E-state index contributed by atoms with van der Waals surface area (Å²) in [7, 11) is 0. The van der Waals surface area contributed by atoms with E-state index in [2.05, 4.69) is 27.7 Å². The highest BCUT2D eigenvalue weighted by atomic mass is 14.1. The maximum Gasteiger partial charge on any atom is -0.0443 e. The van der Waals surface area contributed by atoms with Crippen LogP contribution in [-0.2, 0) is 0 Å². The molecule has 0 N–H and O–H groups in total. The summed E-state index contributed by atoms with van der Waals surface area (Å²) >= 11 is 0. The van der Waals surface area contributed by atoms with Crippen molar-refractivity contribution in [1.82, 2.24) is 0 Å². The van der Waals surface area contributed by atoms with Gasteiger partial charge in [-0.15, -0.1) is 0 Å². The normalized spacial score (nSPS) is 13.8. The summed E-state index contributed by atoms with van der Waals surface area (Å²) < 4.78 is 0. The Bertz CT molecular complexity index is 257. The average Bonchev–Trinajstić information content (AvgIpc) is 2.67. The van der Waals surface area contributed by atoms with E-state index in [4.69, 9.17) is 0 Å². The van der Waals surface area contributed by atoms with E-state index in [9.17, 15) is 0 Å². The molecule has 0 aliphatic rings. The molecule has 0 aromatic carbocycles. The van der Waals surface area contributed by atoms with Gasteiger partial charge in [-0.1, -0.05) is 163 Å². The van der Waals surface area contributed by atoms with E-state index < -0.39 is 0 Å². The van der Waals surface area contributed by atoms with Crippen molar-refractivity contribution in [2.45, 2.75) is 163 Å². The third kappa shape index (κ3) is 22.2. The maximum atomic E-state index is 2.49. The monoisotopic (exact) mass is 380 g/mol. The maximum absolute atomic E-state index is 2.49. The Balaban J connectivity index is 3.20. The first-order valence-corrected chi connectivity index (χ1v) is 13.2. The van der Waals surface area contributed by atoms with E-state index in [0.717, 1.165) is 11.8 Å². The van der Waals surface area contributed by atoms with Gasteiger partial charge in [-0.3, -0.25) is 0 Å². The minimum absolute atomic E-state index is 0.962. The molecule has 0 amide bonds. The van der Waals surface area contributed by atoms with Crippen molar-refractivity contribution in [3.05, 3.63) is 0 Å². The lowest BCUT2D eigenvalue weighted by molar-refractivity contribution is 0.411. The van der Waals surface area contributed by atoms with Crippen molar-refractivity contribution in [1.29, 1.82) is 0 Å². The molecule has 0 saturated heterocycles. The van der Waals surface area contributed by atoms with Crippen LogP contribution >= 0.6 is 0 Å². The molecule has 2 atom stereocenters. The van der Waals surface area contributed by atoms with Crippen molar-refractivity contribution in [3.8, 4) is 0 Å². The molecule has 0 aromatic rings. The van der Waals surface area contributed by atoms with Crippen molar-refractivity contribution >= 4 is 0 Å². The molecule has 0 aromatic heterocycles. The summed E-state index contributed by atoms with van der Waals surface area (Å²) in [5.74, 6) is 1.93. The van der Waals surface area contributed by atoms with Crippen molar-refractivity contribution in [2.75, 3.05) is 0 Å². The van der Waals surface area contributed by atoms with Gasteiger partial charge in [0.2, 0.25) is 0 Å². The molecule has 0 unspecified atom stereocenters. The molecule has 0 bridgehead atoms. The zero-order valence-corrected chi connectivity index (χ0v) is 20.0. The molecular formula is C27H56. The molecule has 0 aliphatic carbocycles. The molecule has 0 heterocycles. The minimum Gasteiger partial charge on any atom is -0.0654 e. The minimum atomic E-state index is 0.962. The van der Waals surface area contributed by atoms with E-state index in [1.807, 2.05) is 0 Å². The molecule has 0 rings (SSSR count). The van der Waals surface area contributed by atoms with Crippen molar-refractivity contribution in [2.24, 2.45) is 11.8 Å². The number of unbranched alkanes of at least 4 members (excludes halogenated alkanes) is 14. The number of hydrogen-bond donors (Lipinski definition) is 0. The zero-order chi connectivity index (χ0) is 20.0. The van der Waals surface area contributed by atoms with Crippen molar-refractivity contribution in [3.63, 3.8) is 0 Å². The SMILES string of the molecule is CCCCCCCCCCCCCC[C@H](C)CCCCC[C@@H](C)CCCC. The predicted molar refractivity (Wildman–Crippen MR) is 127 cm³/mol. The molecule has 0 saturated carbocycles. The average molecular weight is 381 g/mol. The summed E-state index contributed by atoms with van der Waals surface area (Å²) in [5.41, 5.74) is 0. The van der Waals surface area contributed by atoms with Crippen LogP contribution in [0.3, 0.4) is 0 Å². The fourth-order valence-corrected chi connectivity index (χ4v) is 4.34. The molecule has 0 fully saturated rings. The van der Waals surface area contributed by atoms with Gasteiger partial charge in [0.05, 0.1) is 0 Å². The van der Waals surface area contributed by atoms with Gasteiger partial charge in [0.15, 0.2) is 0 Å². The van der Waals surface area contributed by atoms with Crippen LogP contribution in [0.4, 0.5) is 0 Å². The highest BCUT2D eigenvalue weighted by molar-refractivity contribution is 4.58. The van der Waals surface area contributed by atoms with Crippen LogP contribution in [0.2, 0.25) is 0 Å². The van der Waals surface area contributed by atoms with Crippen LogP contribution in [0.1, 0.15) is 163 Å². The van der Waals surface area contributed by atoms with Gasteiger partial charge in [-0.25, -0.2) is 0 Å². The summed E-state index contributed by atoms with van der Waals surface area (Å²) in [6.07, 6.45) is 30.7. The largest absolute Gasteiger partial charge is 0.0654 e. The molecule has 27 heavy (non-hydrogen) atoms. The predicted octanol–water partition coefficient (Wildman–Crippen LogP) is 10.5. The molecule has 0 heteroatoms. The van der Waals surface area contributed by atoms with E-state index in [-0.39, 0.29) is 0 Å². The second-order valence-corrected chi connectivity index (χ2v) is 9.67. The lowest BCUT2D eigenvalue weighted by Gasteiger charge is -2.12. The third-order valence-electron chi connectivity index (χ3n) is 6.49. The quantitative estimate of drug-likeness (QED) is 0.164. The fourth-order valence-electron chi connectivity index (χ4n) is 4.34. The van der Waals surface area contributed by atoms with Gasteiger partial charge in [-0.2, -0.15) is 0 Å². The molecule has 0 spiro atoms. The van der Waals surface area contributed by atoms with Gasteiger partial charge in [0.25, 0.3) is 0 Å². The van der Waals surface area contributed by atoms with Gasteiger partial charge >= 0.3 is 0 Å². The molecule has 164 valence electrons. The fraction of sp³-hybridized carbons (Fsp3) is 1.00. The second-order valence-electron chi connectivity index (χ2n) is 9.67. The van der Waals surface area contributed by atoms with Gasteiger partial charge in [0.1, 0.15) is 0 Å². The van der Waals surface area contributed by atoms with E-state index in [1.54, 1.807) is 0 Å². The van der Waals surface area contributed by atoms with E-state index >= 15 is 0 Å². The zero-order valence-electron chi connectivity index (χ0n) is 20.0.